The number of hydrogen-bond donors (Lipinski definition) is 2. The molecule has 2 rings (SSSR count). The minimum Gasteiger partial charge on any atom is -0.384 e. The zero-order valence-electron chi connectivity index (χ0n) is 13.8. The van der Waals surface area contributed by atoms with Crippen LogP contribution in [0.2, 0.25) is 0 Å². The standard InChI is InChI=1S/C19H24N2O/c1-13-6-5-7-17(12-13)21-18(22)8-9-20-19-15(3)10-14(2)11-16(19)4/h5-7,10-12,20H,8-9H2,1-4H3,(H,21,22). The van der Waals surface area contributed by atoms with Gasteiger partial charge in [-0.1, -0.05) is 29.8 Å². The number of hydrogen-bond acceptors (Lipinski definition) is 2. The van der Waals surface area contributed by atoms with Gasteiger partial charge in [0.05, 0.1) is 0 Å². The fraction of sp³-hybridized carbons (Fsp3) is 0.316. The Morgan fingerprint density at radius 3 is 2.27 bits per heavy atom. The van der Waals surface area contributed by atoms with Crippen molar-refractivity contribution in [1.29, 1.82) is 0 Å². The predicted molar refractivity (Wildman–Crippen MR) is 93.6 cm³/mol. The maximum absolute atomic E-state index is 12.0. The Morgan fingerprint density at radius 2 is 1.64 bits per heavy atom. The molecule has 0 aliphatic rings. The average molecular weight is 296 g/mol. The monoisotopic (exact) mass is 296 g/mol. The van der Waals surface area contributed by atoms with E-state index in [1.54, 1.807) is 0 Å². The van der Waals surface area contributed by atoms with Gasteiger partial charge < -0.3 is 10.6 Å². The molecule has 0 heterocycles. The first-order valence-electron chi connectivity index (χ1n) is 7.64. The molecule has 116 valence electrons. The maximum atomic E-state index is 12.0. The molecule has 0 saturated heterocycles. The topological polar surface area (TPSA) is 41.1 Å². The molecular formula is C19H24N2O. The molecule has 22 heavy (non-hydrogen) atoms. The van der Waals surface area contributed by atoms with Gasteiger partial charge in [-0.05, 0) is 56.5 Å². The second kappa shape index (κ2) is 7.12. The molecule has 2 N–H and O–H groups in total. The number of carbonyl (C=O) groups is 1. The van der Waals surface area contributed by atoms with Gasteiger partial charge in [0, 0.05) is 24.3 Å². The molecule has 0 unspecified atom stereocenters. The van der Waals surface area contributed by atoms with Crippen LogP contribution in [-0.4, -0.2) is 12.5 Å². The van der Waals surface area contributed by atoms with Gasteiger partial charge in [-0.2, -0.15) is 0 Å². The lowest BCUT2D eigenvalue weighted by molar-refractivity contribution is -0.115. The van der Waals surface area contributed by atoms with Gasteiger partial charge in [0.1, 0.15) is 0 Å². The Bertz CT molecular complexity index is 654. The number of nitrogens with one attached hydrogen (secondary N) is 2. The Labute approximate surface area is 132 Å². The summed E-state index contributed by atoms with van der Waals surface area (Å²) < 4.78 is 0. The van der Waals surface area contributed by atoms with Crippen molar-refractivity contribution in [3.63, 3.8) is 0 Å². The largest absolute Gasteiger partial charge is 0.384 e. The lowest BCUT2D eigenvalue weighted by Crippen LogP contribution is -2.17. The van der Waals surface area contributed by atoms with Crippen molar-refractivity contribution < 1.29 is 4.79 Å². The fourth-order valence-corrected chi connectivity index (χ4v) is 2.71. The molecule has 2 aromatic rings. The Kier molecular flexibility index (Phi) is 5.21. The third-order valence-corrected chi connectivity index (χ3v) is 3.63. The van der Waals surface area contributed by atoms with Gasteiger partial charge in [-0.3, -0.25) is 4.79 Å². The first kappa shape index (κ1) is 16.1. The summed E-state index contributed by atoms with van der Waals surface area (Å²) in [5.41, 5.74) is 6.83. The first-order chi connectivity index (χ1) is 10.5. The van der Waals surface area contributed by atoms with Crippen LogP contribution in [0.1, 0.15) is 28.7 Å². The van der Waals surface area contributed by atoms with Crippen LogP contribution in [-0.2, 0) is 4.79 Å². The summed E-state index contributed by atoms with van der Waals surface area (Å²) in [5, 5.41) is 6.30. The van der Waals surface area contributed by atoms with E-state index in [1.165, 1.54) is 16.7 Å². The summed E-state index contributed by atoms with van der Waals surface area (Å²) in [4.78, 5) is 12.0. The summed E-state index contributed by atoms with van der Waals surface area (Å²) in [6.07, 6.45) is 0.445. The SMILES string of the molecule is Cc1cccc(NC(=O)CCNc2c(C)cc(C)cc2C)c1. The molecule has 0 fully saturated rings. The van der Waals surface area contributed by atoms with Crippen molar-refractivity contribution in [3.05, 3.63) is 58.7 Å². The zero-order chi connectivity index (χ0) is 16.1. The molecule has 0 radical (unpaired) electrons. The summed E-state index contributed by atoms with van der Waals surface area (Å²) in [6.45, 7) is 8.92. The van der Waals surface area contributed by atoms with Gasteiger partial charge in [-0.25, -0.2) is 0 Å². The smallest absolute Gasteiger partial charge is 0.226 e. The van der Waals surface area contributed by atoms with E-state index in [0.29, 0.717) is 13.0 Å². The Hall–Kier alpha value is -2.29. The van der Waals surface area contributed by atoms with Crippen LogP contribution in [0, 0.1) is 27.7 Å². The van der Waals surface area contributed by atoms with Crippen molar-refractivity contribution in [1.82, 2.24) is 0 Å². The van der Waals surface area contributed by atoms with E-state index in [4.69, 9.17) is 0 Å². The van der Waals surface area contributed by atoms with Crippen LogP contribution in [0.15, 0.2) is 36.4 Å². The van der Waals surface area contributed by atoms with Crippen LogP contribution in [0.25, 0.3) is 0 Å². The van der Waals surface area contributed by atoms with Crippen molar-refractivity contribution in [2.75, 3.05) is 17.2 Å². The summed E-state index contributed by atoms with van der Waals surface area (Å²) in [7, 11) is 0. The molecule has 0 aliphatic carbocycles. The number of carbonyl (C=O) groups excluding carboxylic acids is 1. The Balaban J connectivity index is 1.87. The highest BCUT2D eigenvalue weighted by Crippen LogP contribution is 2.21. The number of aryl methyl sites for hydroxylation is 4. The third kappa shape index (κ3) is 4.35. The lowest BCUT2D eigenvalue weighted by Gasteiger charge is -2.14. The predicted octanol–water partition coefficient (Wildman–Crippen LogP) is 4.36. The average Bonchev–Trinajstić information content (AvgIpc) is 2.41. The molecule has 3 heteroatoms. The van der Waals surface area contributed by atoms with Crippen LogP contribution in [0.4, 0.5) is 11.4 Å². The van der Waals surface area contributed by atoms with Gasteiger partial charge >= 0.3 is 0 Å². The second-order valence-electron chi connectivity index (χ2n) is 5.87. The Morgan fingerprint density at radius 1 is 0.955 bits per heavy atom. The van der Waals surface area contributed by atoms with Crippen molar-refractivity contribution in [3.8, 4) is 0 Å². The molecular weight excluding hydrogens is 272 g/mol. The lowest BCUT2D eigenvalue weighted by atomic mass is 10.1. The highest BCUT2D eigenvalue weighted by atomic mass is 16.1. The minimum atomic E-state index is 0.0283. The molecule has 0 saturated carbocycles. The molecule has 3 nitrogen and oxygen atoms in total. The molecule has 0 aromatic heterocycles. The van der Waals surface area contributed by atoms with E-state index in [0.717, 1.165) is 16.9 Å². The summed E-state index contributed by atoms with van der Waals surface area (Å²) in [5.74, 6) is 0.0283. The van der Waals surface area contributed by atoms with Crippen LogP contribution in [0.5, 0.6) is 0 Å². The van der Waals surface area contributed by atoms with Gasteiger partial charge in [0.2, 0.25) is 5.91 Å². The van der Waals surface area contributed by atoms with Gasteiger partial charge in [0.25, 0.3) is 0 Å². The molecule has 0 aliphatic heterocycles. The van der Waals surface area contributed by atoms with Crippen molar-refractivity contribution in [2.45, 2.75) is 34.1 Å². The zero-order valence-corrected chi connectivity index (χ0v) is 13.8. The van der Waals surface area contributed by atoms with Crippen molar-refractivity contribution in [2.24, 2.45) is 0 Å². The number of amides is 1. The van der Waals surface area contributed by atoms with Gasteiger partial charge in [0.15, 0.2) is 0 Å². The third-order valence-electron chi connectivity index (χ3n) is 3.63. The summed E-state index contributed by atoms with van der Waals surface area (Å²) in [6, 6.07) is 12.2. The molecule has 0 spiro atoms. The van der Waals surface area contributed by atoms with Crippen LogP contribution >= 0.6 is 0 Å². The second-order valence-corrected chi connectivity index (χ2v) is 5.87. The maximum Gasteiger partial charge on any atom is 0.226 e. The fourth-order valence-electron chi connectivity index (χ4n) is 2.71. The molecule has 1 amide bonds. The van der Waals surface area contributed by atoms with Crippen LogP contribution in [0.3, 0.4) is 0 Å². The molecule has 2 aromatic carbocycles. The van der Waals surface area contributed by atoms with E-state index in [-0.39, 0.29) is 5.91 Å². The van der Waals surface area contributed by atoms with Gasteiger partial charge in [-0.15, -0.1) is 0 Å². The quantitative estimate of drug-likeness (QED) is 0.860. The number of benzene rings is 2. The van der Waals surface area contributed by atoms with Crippen LogP contribution < -0.4 is 10.6 Å². The molecule has 0 bridgehead atoms. The van der Waals surface area contributed by atoms with E-state index in [9.17, 15) is 4.79 Å². The normalized spacial score (nSPS) is 10.4. The highest BCUT2D eigenvalue weighted by Gasteiger charge is 2.06. The molecule has 0 atom stereocenters. The van der Waals surface area contributed by atoms with E-state index >= 15 is 0 Å². The number of anilines is 2. The number of rotatable bonds is 5. The highest BCUT2D eigenvalue weighted by molar-refractivity contribution is 5.91. The minimum absolute atomic E-state index is 0.0283. The van der Waals surface area contributed by atoms with Crippen molar-refractivity contribution >= 4 is 17.3 Å². The first-order valence-corrected chi connectivity index (χ1v) is 7.64. The summed E-state index contributed by atoms with van der Waals surface area (Å²) >= 11 is 0. The van der Waals surface area contributed by atoms with E-state index in [1.807, 2.05) is 31.2 Å². The van der Waals surface area contributed by atoms with E-state index in [2.05, 4.69) is 43.5 Å². The van der Waals surface area contributed by atoms with E-state index < -0.39 is 0 Å².